The summed E-state index contributed by atoms with van der Waals surface area (Å²) >= 11 is 0. The molecule has 21 heavy (non-hydrogen) atoms. The molecule has 2 aromatic rings. The summed E-state index contributed by atoms with van der Waals surface area (Å²) in [5.41, 5.74) is 7.43. The average Bonchev–Trinajstić information content (AvgIpc) is 2.81. The lowest BCUT2D eigenvalue weighted by atomic mass is 9.85. The van der Waals surface area contributed by atoms with Gasteiger partial charge in [-0.3, -0.25) is 4.79 Å². The second-order valence-electron chi connectivity index (χ2n) is 5.54. The number of fused-ring (bicyclic) bond motifs is 1. The van der Waals surface area contributed by atoms with Crippen LogP contribution in [0.1, 0.15) is 5.56 Å². The molecule has 5 nitrogen and oxygen atoms in total. The number of para-hydroxylation sites is 1. The highest BCUT2D eigenvalue weighted by Crippen LogP contribution is 2.29. The van der Waals surface area contributed by atoms with Crippen molar-refractivity contribution in [1.82, 2.24) is 4.98 Å². The Morgan fingerprint density at radius 1 is 1.48 bits per heavy atom. The zero-order valence-corrected chi connectivity index (χ0v) is 11.6. The first-order chi connectivity index (χ1) is 10.1. The summed E-state index contributed by atoms with van der Waals surface area (Å²) in [5.74, 6) is -0.857. The van der Waals surface area contributed by atoms with Crippen LogP contribution in [-0.2, 0) is 16.0 Å². The Morgan fingerprint density at radius 3 is 2.90 bits per heavy atom. The van der Waals surface area contributed by atoms with Gasteiger partial charge in [0.2, 0.25) is 0 Å². The predicted molar refractivity (Wildman–Crippen MR) is 80.0 cm³/mol. The van der Waals surface area contributed by atoms with Crippen LogP contribution in [0.2, 0.25) is 0 Å². The third-order valence-electron chi connectivity index (χ3n) is 3.94. The minimum atomic E-state index is -0.891. The highest BCUT2D eigenvalue weighted by molar-refractivity contribution is 5.83. The van der Waals surface area contributed by atoms with E-state index in [-0.39, 0.29) is 19.3 Å². The summed E-state index contributed by atoms with van der Waals surface area (Å²) in [6.07, 6.45) is 6.08. The molecular formula is C16H18N2O3. The Morgan fingerprint density at radius 2 is 2.24 bits per heavy atom. The second kappa shape index (κ2) is 5.35. The summed E-state index contributed by atoms with van der Waals surface area (Å²) in [7, 11) is 0. The Hall–Kier alpha value is -2.11. The van der Waals surface area contributed by atoms with Gasteiger partial charge in [0.25, 0.3) is 0 Å². The van der Waals surface area contributed by atoms with Gasteiger partial charge in [0.1, 0.15) is 5.41 Å². The van der Waals surface area contributed by atoms with Crippen LogP contribution in [0.4, 0.5) is 0 Å². The van der Waals surface area contributed by atoms with Crippen molar-refractivity contribution >= 4 is 16.9 Å². The molecule has 1 aliphatic heterocycles. The summed E-state index contributed by atoms with van der Waals surface area (Å²) < 4.78 is 5.02. The highest BCUT2D eigenvalue weighted by atomic mass is 16.5. The molecule has 2 heterocycles. The number of nitrogens with two attached hydrogens (primary N) is 1. The van der Waals surface area contributed by atoms with Crippen molar-refractivity contribution in [3.05, 3.63) is 48.2 Å². The maximum Gasteiger partial charge on any atom is 0.318 e. The number of rotatable bonds is 5. The third-order valence-corrected chi connectivity index (χ3v) is 3.94. The topological polar surface area (TPSA) is 88.3 Å². The first-order valence-electron chi connectivity index (χ1n) is 6.92. The van der Waals surface area contributed by atoms with E-state index in [2.05, 4.69) is 11.1 Å². The molecule has 110 valence electrons. The van der Waals surface area contributed by atoms with Gasteiger partial charge in [-0.2, -0.15) is 0 Å². The number of aromatic nitrogens is 1. The molecule has 1 saturated heterocycles. The minimum absolute atomic E-state index is 0.221. The van der Waals surface area contributed by atoms with E-state index in [1.807, 2.05) is 24.4 Å². The number of aromatic amines is 1. The fourth-order valence-electron chi connectivity index (χ4n) is 2.54. The van der Waals surface area contributed by atoms with Gasteiger partial charge in [-0.15, -0.1) is 0 Å². The summed E-state index contributed by atoms with van der Waals surface area (Å²) in [5, 5.41) is 10.4. The molecule has 0 bridgehead atoms. The number of hydrogen-bond donors (Lipinski definition) is 3. The number of carboxylic acids is 1. The molecule has 4 N–H and O–H groups in total. The molecular weight excluding hydrogens is 268 g/mol. The molecule has 0 spiro atoms. The Balaban J connectivity index is 1.72. The van der Waals surface area contributed by atoms with Crippen molar-refractivity contribution in [2.45, 2.75) is 12.5 Å². The van der Waals surface area contributed by atoms with Crippen molar-refractivity contribution in [3.63, 3.8) is 0 Å². The second-order valence-corrected chi connectivity index (χ2v) is 5.54. The fraction of sp³-hybridized carbons (Fsp3) is 0.312. The maximum atomic E-state index is 11.2. The number of H-pyrrole nitrogens is 1. The minimum Gasteiger partial charge on any atom is -0.480 e. The van der Waals surface area contributed by atoms with Crippen LogP contribution in [-0.4, -0.2) is 35.3 Å². The summed E-state index contributed by atoms with van der Waals surface area (Å²) in [6.45, 7) is 0.442. The lowest BCUT2D eigenvalue weighted by Gasteiger charge is -2.34. The first kappa shape index (κ1) is 13.9. The number of aliphatic carboxylic acids is 1. The first-order valence-corrected chi connectivity index (χ1v) is 6.92. The van der Waals surface area contributed by atoms with E-state index in [0.717, 1.165) is 16.5 Å². The van der Waals surface area contributed by atoms with Crippen LogP contribution in [0.15, 0.2) is 42.6 Å². The number of hydrogen-bond acceptors (Lipinski definition) is 3. The van der Waals surface area contributed by atoms with Gasteiger partial charge >= 0.3 is 5.97 Å². The Kier molecular flexibility index (Phi) is 3.53. The molecule has 1 fully saturated rings. The molecule has 0 saturated carbocycles. The molecule has 3 rings (SSSR count). The molecule has 5 heteroatoms. The lowest BCUT2D eigenvalue weighted by molar-refractivity contribution is -0.169. The van der Waals surface area contributed by atoms with Crippen LogP contribution in [0.3, 0.4) is 0 Å². The molecule has 1 aromatic heterocycles. The number of benzene rings is 1. The van der Waals surface area contributed by atoms with Crippen LogP contribution in [0, 0.1) is 5.41 Å². The van der Waals surface area contributed by atoms with E-state index in [1.165, 1.54) is 0 Å². The quantitative estimate of drug-likeness (QED) is 0.730. The van der Waals surface area contributed by atoms with Gasteiger partial charge < -0.3 is 20.6 Å². The summed E-state index contributed by atoms with van der Waals surface area (Å²) in [4.78, 5) is 14.4. The Labute approximate surface area is 122 Å². The van der Waals surface area contributed by atoms with E-state index < -0.39 is 11.4 Å². The number of nitrogens with one attached hydrogen (secondary N) is 1. The van der Waals surface area contributed by atoms with Gasteiger partial charge in [-0.05, 0) is 18.1 Å². The van der Waals surface area contributed by atoms with Gasteiger partial charge in [-0.25, -0.2) is 0 Å². The van der Waals surface area contributed by atoms with Crippen LogP contribution < -0.4 is 5.73 Å². The van der Waals surface area contributed by atoms with E-state index in [1.54, 1.807) is 12.2 Å². The third kappa shape index (κ3) is 2.57. The summed E-state index contributed by atoms with van der Waals surface area (Å²) in [6, 6.07) is 7.82. The number of carboxylic acid groups (broad SMARTS) is 1. The molecule has 0 amide bonds. The van der Waals surface area contributed by atoms with Gasteiger partial charge in [0, 0.05) is 23.1 Å². The highest BCUT2D eigenvalue weighted by Gasteiger charge is 2.43. The molecule has 1 atom stereocenters. The van der Waals surface area contributed by atoms with Crippen molar-refractivity contribution in [1.29, 1.82) is 0 Å². The van der Waals surface area contributed by atoms with Crippen LogP contribution in [0.5, 0.6) is 0 Å². The average molecular weight is 286 g/mol. The fourth-order valence-corrected chi connectivity index (χ4v) is 2.54. The van der Waals surface area contributed by atoms with Gasteiger partial charge in [-0.1, -0.05) is 30.4 Å². The molecule has 0 radical (unpaired) electrons. The van der Waals surface area contributed by atoms with Crippen molar-refractivity contribution < 1.29 is 14.6 Å². The van der Waals surface area contributed by atoms with Gasteiger partial charge in [0.15, 0.2) is 0 Å². The number of ether oxygens (including phenoxy) is 1. The number of carbonyl (C=O) groups is 1. The SMILES string of the molecule is N[C@@H](/C=C/C1(C(=O)O)COC1)Cc1c[nH]c2ccccc12. The largest absolute Gasteiger partial charge is 0.480 e. The van der Waals surface area contributed by atoms with Crippen molar-refractivity contribution in [3.8, 4) is 0 Å². The predicted octanol–water partition coefficient (Wildman–Crippen LogP) is 1.70. The maximum absolute atomic E-state index is 11.2. The van der Waals surface area contributed by atoms with Crippen molar-refractivity contribution in [2.75, 3.05) is 13.2 Å². The van der Waals surface area contributed by atoms with E-state index in [0.29, 0.717) is 6.42 Å². The monoisotopic (exact) mass is 286 g/mol. The molecule has 0 unspecified atom stereocenters. The van der Waals surface area contributed by atoms with Crippen LogP contribution >= 0.6 is 0 Å². The normalized spacial score (nSPS) is 18.7. The smallest absolute Gasteiger partial charge is 0.318 e. The van der Waals surface area contributed by atoms with Gasteiger partial charge in [0.05, 0.1) is 13.2 Å². The van der Waals surface area contributed by atoms with Crippen molar-refractivity contribution in [2.24, 2.45) is 11.1 Å². The zero-order chi connectivity index (χ0) is 14.9. The molecule has 1 aliphatic rings. The lowest BCUT2D eigenvalue weighted by Crippen LogP contribution is -2.47. The molecule has 1 aromatic carbocycles. The zero-order valence-electron chi connectivity index (χ0n) is 11.6. The van der Waals surface area contributed by atoms with E-state index >= 15 is 0 Å². The van der Waals surface area contributed by atoms with E-state index in [4.69, 9.17) is 10.5 Å². The molecule has 0 aliphatic carbocycles. The standard InChI is InChI=1S/C16H18N2O3/c17-12(5-6-16(15(19)20)9-21-10-16)7-11-8-18-14-4-2-1-3-13(11)14/h1-6,8,12,18H,7,9-10,17H2,(H,19,20)/b6-5+/t12-/m0/s1. The Bertz CT molecular complexity index is 686. The van der Waals surface area contributed by atoms with Crippen LogP contribution in [0.25, 0.3) is 10.9 Å². The van der Waals surface area contributed by atoms with E-state index in [9.17, 15) is 9.90 Å².